The van der Waals surface area contributed by atoms with Gasteiger partial charge in [0.1, 0.15) is 24.4 Å². The van der Waals surface area contributed by atoms with E-state index in [-0.39, 0.29) is 48.6 Å². The molecule has 8 heterocycles. The van der Waals surface area contributed by atoms with Crippen LogP contribution in [0.15, 0.2) is 48.5 Å². The largest absolute Gasteiger partial charge is 0.373 e. The summed E-state index contributed by atoms with van der Waals surface area (Å²) in [6.45, 7) is 6.72. The van der Waals surface area contributed by atoms with Crippen LogP contribution in [0.4, 0.5) is 11.4 Å². The van der Waals surface area contributed by atoms with E-state index in [0.717, 1.165) is 85.0 Å². The second-order valence-corrected chi connectivity index (χ2v) is 14.8. The molecule has 0 saturated carbocycles. The molecule has 0 aliphatic carbocycles. The number of ether oxygens (including phenoxy) is 8. The maximum absolute atomic E-state index is 5.91. The Bertz CT molecular complexity index is 1210. The minimum Gasteiger partial charge on any atom is -0.373 e. The zero-order valence-electron chi connectivity index (χ0n) is 26.9. The van der Waals surface area contributed by atoms with E-state index in [4.69, 9.17) is 37.9 Å². The second-order valence-electron chi connectivity index (χ2n) is 14.8. The lowest BCUT2D eigenvalue weighted by molar-refractivity contribution is 0.274. The molecule has 8 aliphatic heterocycles. The standard InChI is InChI=1S/C37H46N2O8/c1-5-24(38(30(34-18-44-34)10-26-14-40-26)31(35-19-45-35)11-27-15-41-27)6-2-22(1)9-23-3-7-25(8-4-23)39(32(36-20-46-36)12-28-16-42-28)33(37-21-47-37)13-29-17-43-29/h1-8,26-37H,9-21H2. The van der Waals surface area contributed by atoms with Crippen molar-refractivity contribution in [3.63, 3.8) is 0 Å². The molecule has 0 aromatic heterocycles. The zero-order chi connectivity index (χ0) is 30.9. The molecule has 2 aromatic rings. The van der Waals surface area contributed by atoms with E-state index in [2.05, 4.69) is 58.3 Å². The molecular weight excluding hydrogens is 600 g/mol. The summed E-state index contributed by atoms with van der Waals surface area (Å²) >= 11 is 0. The van der Waals surface area contributed by atoms with Gasteiger partial charge in [-0.1, -0.05) is 24.3 Å². The average molecular weight is 647 g/mol. The van der Waals surface area contributed by atoms with Crippen molar-refractivity contribution in [2.75, 3.05) is 62.7 Å². The highest BCUT2D eigenvalue weighted by Gasteiger charge is 2.50. The third-order valence-corrected chi connectivity index (χ3v) is 11.1. The van der Waals surface area contributed by atoms with Gasteiger partial charge in [-0.05, 0) is 67.5 Å². The van der Waals surface area contributed by atoms with Gasteiger partial charge in [-0.25, -0.2) is 0 Å². The minimum absolute atomic E-state index is 0.254. The smallest absolute Gasteiger partial charge is 0.101 e. The molecule has 0 radical (unpaired) electrons. The fourth-order valence-corrected chi connectivity index (χ4v) is 7.85. The predicted molar refractivity (Wildman–Crippen MR) is 172 cm³/mol. The van der Waals surface area contributed by atoms with Gasteiger partial charge < -0.3 is 47.7 Å². The third-order valence-electron chi connectivity index (χ3n) is 11.1. The number of rotatable bonds is 20. The summed E-state index contributed by atoms with van der Waals surface area (Å²) < 4.78 is 46.4. The number of anilines is 2. The van der Waals surface area contributed by atoms with Crippen LogP contribution >= 0.6 is 0 Å². The van der Waals surface area contributed by atoms with Crippen LogP contribution in [0.3, 0.4) is 0 Å². The first-order valence-electron chi connectivity index (χ1n) is 17.9. The van der Waals surface area contributed by atoms with Gasteiger partial charge in [-0.3, -0.25) is 0 Å². The Morgan fingerprint density at radius 2 is 0.660 bits per heavy atom. The van der Waals surface area contributed by atoms with Gasteiger partial charge in [0.25, 0.3) is 0 Å². The van der Waals surface area contributed by atoms with Gasteiger partial charge in [-0.2, -0.15) is 0 Å². The minimum atomic E-state index is 0.254. The molecule has 8 aliphatic rings. The van der Waals surface area contributed by atoms with Crippen LogP contribution in [-0.4, -0.2) is 126 Å². The Hall–Kier alpha value is -2.28. The van der Waals surface area contributed by atoms with Crippen molar-refractivity contribution in [3.05, 3.63) is 59.7 Å². The Balaban J connectivity index is 0.877. The average Bonchev–Trinajstić information content (AvgIpc) is 3.88. The van der Waals surface area contributed by atoms with E-state index in [1.54, 1.807) is 0 Å². The number of hydrogen-bond acceptors (Lipinski definition) is 10. The fourth-order valence-electron chi connectivity index (χ4n) is 7.85. The van der Waals surface area contributed by atoms with Crippen LogP contribution in [0.5, 0.6) is 0 Å². The molecule has 10 heteroatoms. The van der Waals surface area contributed by atoms with Crippen molar-refractivity contribution >= 4 is 11.4 Å². The molecule has 8 fully saturated rings. The summed E-state index contributed by atoms with van der Waals surface area (Å²) in [5.74, 6) is 0. The lowest BCUT2D eigenvalue weighted by Gasteiger charge is -2.39. The van der Waals surface area contributed by atoms with Crippen LogP contribution < -0.4 is 9.80 Å². The molecule has 10 rings (SSSR count). The van der Waals surface area contributed by atoms with E-state index in [1.165, 1.54) is 22.5 Å². The highest BCUT2D eigenvalue weighted by atomic mass is 16.6. The van der Waals surface area contributed by atoms with Crippen molar-refractivity contribution in [2.45, 2.75) is 105 Å². The fraction of sp³-hybridized carbons (Fsp3) is 0.676. The molecule has 12 atom stereocenters. The van der Waals surface area contributed by atoms with E-state index in [0.29, 0.717) is 24.4 Å². The van der Waals surface area contributed by atoms with E-state index in [1.807, 2.05) is 0 Å². The molecule has 0 spiro atoms. The van der Waals surface area contributed by atoms with Crippen molar-refractivity contribution in [2.24, 2.45) is 0 Å². The molecule has 0 amide bonds. The molecule has 2 aromatic carbocycles. The Kier molecular flexibility index (Phi) is 7.72. The Morgan fingerprint density at radius 1 is 0.404 bits per heavy atom. The van der Waals surface area contributed by atoms with Crippen LogP contribution in [0.1, 0.15) is 36.8 Å². The van der Waals surface area contributed by atoms with Gasteiger partial charge in [0.05, 0.1) is 101 Å². The molecular formula is C37H46N2O8. The third kappa shape index (κ3) is 7.35. The predicted octanol–water partition coefficient (Wildman–Crippen LogP) is 3.12. The quantitative estimate of drug-likeness (QED) is 0.199. The first kappa shape index (κ1) is 29.6. The van der Waals surface area contributed by atoms with Crippen LogP contribution in [0.2, 0.25) is 0 Å². The zero-order valence-corrected chi connectivity index (χ0v) is 26.9. The van der Waals surface area contributed by atoms with Crippen LogP contribution in [-0.2, 0) is 44.3 Å². The first-order valence-corrected chi connectivity index (χ1v) is 17.9. The number of hydrogen-bond donors (Lipinski definition) is 0. The second kappa shape index (κ2) is 12.2. The monoisotopic (exact) mass is 646 g/mol. The molecule has 10 nitrogen and oxygen atoms in total. The van der Waals surface area contributed by atoms with E-state index >= 15 is 0 Å². The lowest BCUT2D eigenvalue weighted by atomic mass is 9.96. The lowest BCUT2D eigenvalue weighted by Crippen LogP contribution is -2.50. The van der Waals surface area contributed by atoms with Crippen LogP contribution in [0.25, 0.3) is 0 Å². The molecule has 8 saturated heterocycles. The molecule has 252 valence electrons. The summed E-state index contributed by atoms with van der Waals surface area (Å²) in [5, 5.41) is 0. The normalized spacial score (nSPS) is 36.1. The van der Waals surface area contributed by atoms with Crippen LogP contribution in [0, 0.1) is 0 Å². The summed E-state index contributed by atoms with van der Waals surface area (Å²) in [4.78, 5) is 5.20. The van der Waals surface area contributed by atoms with Crippen molar-refractivity contribution < 1.29 is 37.9 Å². The van der Waals surface area contributed by atoms with Gasteiger partial charge in [-0.15, -0.1) is 0 Å². The SMILES string of the molecule is c1cc(N(C(CC2CO2)C2CO2)C(CC2CO2)C2CO2)ccc1Cc1ccc(N(C(CC2CO2)C2CO2)C(CC2CO2)C2CO2)cc1. The molecule has 0 N–H and O–H groups in total. The number of nitrogens with zero attached hydrogens (tertiary/aromatic N) is 2. The number of benzene rings is 2. The maximum atomic E-state index is 5.91. The summed E-state index contributed by atoms with van der Waals surface area (Å²) in [7, 11) is 0. The Labute approximate surface area is 276 Å². The van der Waals surface area contributed by atoms with Gasteiger partial charge in [0, 0.05) is 11.4 Å². The first-order chi connectivity index (χ1) is 23.2. The van der Waals surface area contributed by atoms with E-state index in [9.17, 15) is 0 Å². The van der Waals surface area contributed by atoms with Crippen molar-refractivity contribution in [1.82, 2.24) is 0 Å². The summed E-state index contributed by atoms with van der Waals surface area (Å²) in [6.07, 6.45) is 7.23. The molecule has 47 heavy (non-hydrogen) atoms. The van der Waals surface area contributed by atoms with Crippen molar-refractivity contribution in [1.29, 1.82) is 0 Å². The van der Waals surface area contributed by atoms with Gasteiger partial charge >= 0.3 is 0 Å². The highest BCUT2D eigenvalue weighted by molar-refractivity contribution is 5.54. The Morgan fingerprint density at radius 3 is 0.872 bits per heavy atom. The van der Waals surface area contributed by atoms with E-state index < -0.39 is 0 Å². The summed E-state index contributed by atoms with van der Waals surface area (Å²) in [6, 6.07) is 19.5. The maximum Gasteiger partial charge on any atom is 0.101 e. The van der Waals surface area contributed by atoms with Crippen molar-refractivity contribution in [3.8, 4) is 0 Å². The van der Waals surface area contributed by atoms with Gasteiger partial charge in [0.15, 0.2) is 0 Å². The molecule has 12 unspecified atom stereocenters. The topological polar surface area (TPSA) is 107 Å². The molecule has 0 bridgehead atoms. The highest BCUT2D eigenvalue weighted by Crippen LogP contribution is 2.40. The summed E-state index contributed by atoms with van der Waals surface area (Å²) in [5.41, 5.74) is 5.09. The van der Waals surface area contributed by atoms with Gasteiger partial charge in [0.2, 0.25) is 0 Å². The number of epoxide rings is 8.